The summed E-state index contributed by atoms with van der Waals surface area (Å²) in [5, 5.41) is 11.6. The highest BCUT2D eigenvalue weighted by Gasteiger charge is 2.75. The molecule has 2 saturated heterocycles. The molecule has 7 rings (SSSR count). The van der Waals surface area contributed by atoms with Crippen molar-refractivity contribution >= 4 is 39.9 Å². The third-order valence-electron chi connectivity index (χ3n) is 9.86. The molecule has 8 nitrogen and oxygen atoms in total. The fraction of sp³-hybridized carbons (Fsp3) is 0.361. The van der Waals surface area contributed by atoms with Crippen LogP contribution in [0.4, 0.5) is 11.4 Å². The number of aliphatic hydroxyl groups excluding tert-OH is 1. The van der Waals surface area contributed by atoms with Crippen molar-refractivity contribution in [2.75, 3.05) is 36.0 Å². The lowest BCUT2D eigenvalue weighted by atomic mass is 9.73. The summed E-state index contributed by atoms with van der Waals surface area (Å²) in [7, 11) is 0. The Labute approximate surface area is 257 Å². The van der Waals surface area contributed by atoms with Gasteiger partial charge in [-0.25, -0.2) is 0 Å². The van der Waals surface area contributed by atoms with E-state index in [1.54, 1.807) is 14.7 Å². The largest absolute Gasteiger partial charge is 0.396 e. The smallest absolute Gasteiger partial charge is 0.253 e. The normalized spacial score (nSPS) is 29.5. The number of aliphatic hydroxyl groups is 1. The van der Waals surface area contributed by atoms with Gasteiger partial charge in [0.1, 0.15) is 11.6 Å². The van der Waals surface area contributed by atoms with E-state index in [1.165, 1.54) is 0 Å². The summed E-state index contributed by atoms with van der Waals surface area (Å²) in [6, 6.07) is 22.5. The molecule has 0 aromatic heterocycles. The van der Waals surface area contributed by atoms with Gasteiger partial charge < -0.3 is 24.5 Å². The molecular formula is C36H37N3O5. The fourth-order valence-electron chi connectivity index (χ4n) is 7.81. The summed E-state index contributed by atoms with van der Waals surface area (Å²) in [4.78, 5) is 49.0. The number of rotatable bonds is 7. The van der Waals surface area contributed by atoms with Crippen molar-refractivity contribution in [1.82, 2.24) is 4.90 Å². The molecule has 226 valence electrons. The molecule has 0 saturated carbocycles. The molecule has 8 heteroatoms. The molecule has 4 aliphatic rings. The first-order valence-electron chi connectivity index (χ1n) is 15.6. The average molecular weight is 592 g/mol. The third kappa shape index (κ3) is 4.23. The number of carbonyl (C=O) groups is 3. The van der Waals surface area contributed by atoms with Crippen LogP contribution in [0, 0.1) is 11.8 Å². The fourth-order valence-corrected chi connectivity index (χ4v) is 7.81. The van der Waals surface area contributed by atoms with Gasteiger partial charge in [0.15, 0.2) is 0 Å². The monoisotopic (exact) mass is 591 g/mol. The van der Waals surface area contributed by atoms with Crippen molar-refractivity contribution in [3.05, 3.63) is 97.1 Å². The predicted octanol–water partition coefficient (Wildman–Crippen LogP) is 4.48. The quantitative estimate of drug-likeness (QED) is 0.323. The highest BCUT2D eigenvalue weighted by Crippen LogP contribution is 2.58. The maximum absolute atomic E-state index is 14.8. The van der Waals surface area contributed by atoms with E-state index in [1.807, 2.05) is 104 Å². The van der Waals surface area contributed by atoms with Gasteiger partial charge in [0, 0.05) is 37.6 Å². The van der Waals surface area contributed by atoms with Crippen molar-refractivity contribution in [1.29, 1.82) is 0 Å². The van der Waals surface area contributed by atoms with Crippen LogP contribution in [-0.2, 0) is 19.1 Å². The molecule has 0 radical (unpaired) electrons. The number of carbonyl (C=O) groups excluding carboxylic acids is 3. The highest BCUT2D eigenvalue weighted by atomic mass is 16.5. The van der Waals surface area contributed by atoms with E-state index in [9.17, 15) is 19.5 Å². The van der Waals surface area contributed by atoms with E-state index in [0.717, 1.165) is 22.1 Å². The van der Waals surface area contributed by atoms with Crippen LogP contribution >= 0.6 is 0 Å². The lowest BCUT2D eigenvalue weighted by Crippen LogP contribution is -2.56. The second kappa shape index (κ2) is 11.0. The van der Waals surface area contributed by atoms with Crippen LogP contribution in [0.1, 0.15) is 26.2 Å². The second-order valence-corrected chi connectivity index (χ2v) is 12.2. The number of nitrogens with zero attached hydrogens (tertiary/aromatic N) is 3. The van der Waals surface area contributed by atoms with Crippen LogP contribution in [0.5, 0.6) is 0 Å². The first-order chi connectivity index (χ1) is 21.4. The lowest BCUT2D eigenvalue weighted by Gasteiger charge is -2.38. The van der Waals surface area contributed by atoms with Gasteiger partial charge in [-0.1, -0.05) is 79.8 Å². The first-order valence-corrected chi connectivity index (χ1v) is 15.6. The van der Waals surface area contributed by atoms with Crippen LogP contribution in [0.25, 0.3) is 10.8 Å². The van der Waals surface area contributed by atoms with E-state index < -0.39 is 29.1 Å². The zero-order valence-electron chi connectivity index (χ0n) is 24.8. The number of hydrogen-bond donors (Lipinski definition) is 1. The van der Waals surface area contributed by atoms with Crippen LogP contribution in [0.2, 0.25) is 0 Å². The molecule has 44 heavy (non-hydrogen) atoms. The van der Waals surface area contributed by atoms with Crippen LogP contribution in [-0.4, -0.2) is 71.2 Å². The minimum absolute atomic E-state index is 0.00821. The highest BCUT2D eigenvalue weighted by molar-refractivity contribution is 6.08. The molecule has 1 N–H and O–H groups in total. The minimum atomic E-state index is -1.32. The number of amides is 3. The van der Waals surface area contributed by atoms with Gasteiger partial charge in [-0.05, 0) is 54.3 Å². The van der Waals surface area contributed by atoms with Gasteiger partial charge in [-0.2, -0.15) is 0 Å². The molecule has 2 fully saturated rings. The Hall–Kier alpha value is -4.27. The zero-order chi connectivity index (χ0) is 30.5. The predicted molar refractivity (Wildman–Crippen MR) is 169 cm³/mol. The van der Waals surface area contributed by atoms with Crippen molar-refractivity contribution in [3.8, 4) is 0 Å². The standard InChI is InChI=1S/C36H37N3O5/c1-2-35-18-10-21-37(27-14-4-3-5-15-27)32(41)29(35)30-33(42)39(20-8-9-23-40)31-34(43)38(22-11-19-36(30,31)44-35)28-17-16-25-12-6-7-13-26(25)24-28/h3-7,10-19,24,29-31,40H,2,8-9,20-23H2,1H3/t29-,30-,31?,35+,36-/m0/s1. The third-order valence-corrected chi connectivity index (χ3v) is 9.86. The second-order valence-electron chi connectivity index (χ2n) is 12.2. The molecule has 0 aliphatic carbocycles. The maximum Gasteiger partial charge on any atom is 0.253 e. The summed E-state index contributed by atoms with van der Waals surface area (Å²) in [5.41, 5.74) is -0.865. The molecule has 1 spiro atoms. The zero-order valence-corrected chi connectivity index (χ0v) is 24.8. The summed E-state index contributed by atoms with van der Waals surface area (Å²) >= 11 is 0. The summed E-state index contributed by atoms with van der Waals surface area (Å²) < 4.78 is 7.08. The van der Waals surface area contributed by atoms with E-state index in [2.05, 4.69) is 0 Å². The Morgan fingerprint density at radius 3 is 2.23 bits per heavy atom. The first kappa shape index (κ1) is 28.5. The van der Waals surface area contributed by atoms with E-state index in [-0.39, 0.29) is 30.9 Å². The average Bonchev–Trinajstić information content (AvgIpc) is 3.33. The van der Waals surface area contributed by atoms with Gasteiger partial charge in [0.25, 0.3) is 5.91 Å². The van der Waals surface area contributed by atoms with E-state index >= 15 is 0 Å². The molecule has 3 aromatic rings. The van der Waals surface area contributed by atoms with E-state index in [4.69, 9.17) is 4.74 Å². The van der Waals surface area contributed by atoms with Gasteiger partial charge in [-0.15, -0.1) is 0 Å². The SMILES string of the molecule is CC[C@@]12C=CCN(c3ccccc3)C(=O)[C@@H]1[C@H]1C(=O)N(CCCCO)C3C(=O)N(c4ccc5ccccc5c4)CC=C[C@@]31O2. The molecule has 5 atom stereocenters. The lowest BCUT2D eigenvalue weighted by molar-refractivity contribution is -0.145. The maximum atomic E-state index is 14.8. The van der Waals surface area contributed by atoms with Crippen molar-refractivity contribution in [2.45, 2.75) is 43.4 Å². The van der Waals surface area contributed by atoms with Crippen molar-refractivity contribution in [3.63, 3.8) is 0 Å². The van der Waals surface area contributed by atoms with Gasteiger partial charge in [-0.3, -0.25) is 14.4 Å². The molecule has 0 bridgehead atoms. The molecule has 3 aromatic carbocycles. The van der Waals surface area contributed by atoms with Crippen LogP contribution in [0.15, 0.2) is 97.1 Å². The number of unbranched alkanes of at least 4 members (excludes halogenated alkanes) is 1. The summed E-state index contributed by atoms with van der Waals surface area (Å²) in [6.45, 7) is 2.93. The van der Waals surface area contributed by atoms with Crippen LogP contribution < -0.4 is 9.80 Å². The Balaban J connectivity index is 1.34. The number of anilines is 2. The number of ether oxygens (including phenoxy) is 1. The Bertz CT molecular complexity index is 1670. The van der Waals surface area contributed by atoms with Gasteiger partial charge in [0.2, 0.25) is 11.8 Å². The van der Waals surface area contributed by atoms with Crippen molar-refractivity contribution < 1.29 is 24.2 Å². The van der Waals surface area contributed by atoms with Gasteiger partial charge in [0.05, 0.1) is 17.4 Å². The minimum Gasteiger partial charge on any atom is -0.396 e. The Kier molecular flexibility index (Phi) is 7.14. The molecule has 4 aliphatic heterocycles. The number of fused-ring (bicyclic) bond motifs is 3. The molecular weight excluding hydrogens is 554 g/mol. The van der Waals surface area contributed by atoms with Crippen molar-refractivity contribution in [2.24, 2.45) is 11.8 Å². The number of likely N-dealkylation sites (tertiary alicyclic amines) is 1. The molecule has 3 amide bonds. The molecule has 4 heterocycles. The van der Waals surface area contributed by atoms with Gasteiger partial charge >= 0.3 is 0 Å². The molecule has 1 unspecified atom stereocenters. The number of benzene rings is 3. The number of hydrogen-bond acceptors (Lipinski definition) is 5. The topological polar surface area (TPSA) is 90.4 Å². The van der Waals surface area contributed by atoms with Crippen LogP contribution in [0.3, 0.4) is 0 Å². The number of para-hydroxylation sites is 1. The van der Waals surface area contributed by atoms with E-state index in [0.29, 0.717) is 32.4 Å². The summed E-state index contributed by atoms with van der Waals surface area (Å²) in [5.74, 6) is -2.34. The Morgan fingerprint density at radius 2 is 1.48 bits per heavy atom. The summed E-state index contributed by atoms with van der Waals surface area (Å²) in [6.07, 6.45) is 9.22. The Morgan fingerprint density at radius 1 is 0.773 bits per heavy atom.